The molecule has 0 amide bonds. The number of hydrogen-bond donors (Lipinski definition) is 0. The van der Waals surface area contributed by atoms with Gasteiger partial charge in [0.2, 0.25) is 0 Å². The smallest absolute Gasteiger partial charge is 0.132 e. The Hall–Kier alpha value is -5.08. The number of benzene rings is 6. The van der Waals surface area contributed by atoms with E-state index in [9.17, 15) is 0 Å². The Morgan fingerprint density at radius 2 is 1.00 bits per heavy atom. The minimum absolute atomic E-state index is 0.0429. The minimum Gasteiger partial charge on any atom is -0.348 e. The molecule has 2 aliphatic carbocycles. The Morgan fingerprint density at radius 3 is 1.70 bits per heavy atom. The molecule has 0 aromatic heterocycles. The molecule has 1 spiro atoms. The lowest BCUT2D eigenvalue weighted by molar-refractivity contribution is 0.650. The van der Waals surface area contributed by atoms with Crippen molar-refractivity contribution in [2.75, 3.05) is 16.8 Å². The normalized spacial score (nSPS) is 18.4. The lowest BCUT2D eigenvalue weighted by atomic mass is 9.64. The van der Waals surface area contributed by atoms with E-state index in [1.54, 1.807) is 0 Å². The molecule has 44 heavy (non-hydrogen) atoms. The van der Waals surface area contributed by atoms with Crippen LogP contribution in [0.5, 0.6) is 0 Å². The first-order valence-corrected chi connectivity index (χ1v) is 15.7. The van der Waals surface area contributed by atoms with Crippen molar-refractivity contribution in [1.29, 1.82) is 0 Å². The van der Waals surface area contributed by atoms with Gasteiger partial charge in [-0.3, -0.25) is 0 Å². The SMILES string of the molecule is CN1c2cccc3c2N(c2ccccc2C32c3ccccc3-c3ccccc32)C1c1ccc2c(c1)C(C)(C)c1ccccc1-2. The standard InChI is InChI=1S/C42H32N2/c1-41(2)31-16-7-4-13-27(31)30-24-23-26(25-36(30)41)40-43(3)38-22-12-20-35-39(38)44(40)37-21-11-10-19-34(37)42(35)32-17-8-5-14-28(32)29-15-6-9-18-33(29)42/h4-25,40H,1-3H3. The second-order valence-electron chi connectivity index (χ2n) is 13.4. The number of fused-ring (bicyclic) bond motifs is 12. The van der Waals surface area contributed by atoms with Gasteiger partial charge in [-0.15, -0.1) is 0 Å². The highest BCUT2D eigenvalue weighted by Gasteiger charge is 2.55. The van der Waals surface area contributed by atoms with Crippen LogP contribution >= 0.6 is 0 Å². The molecule has 0 N–H and O–H groups in total. The second-order valence-corrected chi connectivity index (χ2v) is 13.4. The summed E-state index contributed by atoms with van der Waals surface area (Å²) in [6, 6.07) is 50.4. The van der Waals surface area contributed by atoms with E-state index in [4.69, 9.17) is 0 Å². The van der Waals surface area contributed by atoms with Crippen LogP contribution in [0.2, 0.25) is 0 Å². The first-order valence-electron chi connectivity index (χ1n) is 15.7. The Kier molecular flexibility index (Phi) is 4.48. The molecule has 210 valence electrons. The van der Waals surface area contributed by atoms with Crippen molar-refractivity contribution < 1.29 is 0 Å². The highest BCUT2D eigenvalue weighted by Crippen LogP contribution is 2.67. The largest absolute Gasteiger partial charge is 0.348 e. The van der Waals surface area contributed by atoms with Gasteiger partial charge in [-0.1, -0.05) is 135 Å². The Balaban J connectivity index is 1.25. The van der Waals surface area contributed by atoms with E-state index in [1.807, 2.05) is 0 Å². The number of hydrogen-bond acceptors (Lipinski definition) is 2. The third-order valence-electron chi connectivity index (χ3n) is 11.1. The number of anilines is 3. The molecule has 1 atom stereocenters. The summed E-state index contributed by atoms with van der Waals surface area (Å²) in [4.78, 5) is 5.13. The fourth-order valence-electron chi connectivity index (χ4n) is 9.27. The first kappa shape index (κ1) is 24.4. The lowest BCUT2D eigenvalue weighted by Gasteiger charge is -2.45. The van der Waals surface area contributed by atoms with E-state index >= 15 is 0 Å². The van der Waals surface area contributed by atoms with Gasteiger partial charge >= 0.3 is 0 Å². The molecule has 0 fully saturated rings. The molecule has 0 saturated heterocycles. The van der Waals surface area contributed by atoms with Gasteiger partial charge in [0.05, 0.1) is 16.8 Å². The predicted octanol–water partition coefficient (Wildman–Crippen LogP) is 9.96. The maximum atomic E-state index is 2.63. The van der Waals surface area contributed by atoms with Crippen LogP contribution in [-0.4, -0.2) is 7.05 Å². The maximum absolute atomic E-state index is 2.63. The molecular formula is C42H32N2. The molecule has 10 rings (SSSR count). The molecule has 2 heteroatoms. The highest BCUT2D eigenvalue weighted by molar-refractivity contribution is 5.98. The van der Waals surface area contributed by atoms with Gasteiger partial charge in [-0.2, -0.15) is 0 Å². The van der Waals surface area contributed by atoms with Gasteiger partial charge in [0.1, 0.15) is 6.17 Å². The summed E-state index contributed by atoms with van der Waals surface area (Å²) in [5, 5.41) is 0. The van der Waals surface area contributed by atoms with Gasteiger partial charge in [0.15, 0.2) is 0 Å². The van der Waals surface area contributed by atoms with E-state index in [1.165, 1.54) is 78.3 Å². The first-order chi connectivity index (χ1) is 21.5. The van der Waals surface area contributed by atoms with Gasteiger partial charge in [-0.25, -0.2) is 0 Å². The summed E-state index contributed by atoms with van der Waals surface area (Å²) in [5.41, 5.74) is 18.5. The number of rotatable bonds is 1. The summed E-state index contributed by atoms with van der Waals surface area (Å²) in [5.74, 6) is 0. The molecule has 2 aliphatic heterocycles. The van der Waals surface area contributed by atoms with Crippen molar-refractivity contribution in [3.05, 3.63) is 172 Å². The van der Waals surface area contributed by atoms with Gasteiger partial charge in [0.25, 0.3) is 0 Å². The van der Waals surface area contributed by atoms with Gasteiger partial charge < -0.3 is 9.80 Å². The fourth-order valence-corrected chi connectivity index (χ4v) is 9.27. The Bertz CT molecular complexity index is 2160. The molecule has 6 aromatic carbocycles. The van der Waals surface area contributed by atoms with Crippen molar-refractivity contribution in [1.82, 2.24) is 0 Å². The van der Waals surface area contributed by atoms with Crippen LogP contribution in [0.4, 0.5) is 17.1 Å². The zero-order chi connectivity index (χ0) is 29.4. The van der Waals surface area contributed by atoms with E-state index in [2.05, 4.69) is 164 Å². The molecule has 2 heterocycles. The molecule has 0 saturated carbocycles. The summed E-state index contributed by atoms with van der Waals surface area (Å²) in [6.45, 7) is 4.75. The zero-order valence-corrected chi connectivity index (χ0v) is 25.2. The van der Waals surface area contributed by atoms with Crippen LogP contribution in [0.1, 0.15) is 59.0 Å². The lowest BCUT2D eigenvalue weighted by Crippen LogP contribution is -2.39. The van der Waals surface area contributed by atoms with E-state index in [0.29, 0.717) is 0 Å². The van der Waals surface area contributed by atoms with Crippen LogP contribution in [0.25, 0.3) is 22.3 Å². The quantitative estimate of drug-likeness (QED) is 0.196. The van der Waals surface area contributed by atoms with Crippen LogP contribution in [-0.2, 0) is 10.8 Å². The molecule has 0 radical (unpaired) electrons. The molecule has 1 unspecified atom stereocenters. The topological polar surface area (TPSA) is 6.48 Å². The molecule has 2 nitrogen and oxygen atoms in total. The summed E-state index contributed by atoms with van der Waals surface area (Å²) in [7, 11) is 2.28. The van der Waals surface area contributed by atoms with Crippen molar-refractivity contribution in [3.8, 4) is 22.3 Å². The Labute approximate surface area is 258 Å². The summed E-state index contributed by atoms with van der Waals surface area (Å²) >= 11 is 0. The third-order valence-corrected chi connectivity index (χ3v) is 11.1. The van der Waals surface area contributed by atoms with Crippen molar-refractivity contribution in [2.45, 2.75) is 30.8 Å². The number of nitrogens with zero attached hydrogens (tertiary/aromatic N) is 2. The monoisotopic (exact) mass is 564 g/mol. The van der Waals surface area contributed by atoms with Crippen molar-refractivity contribution >= 4 is 17.1 Å². The summed E-state index contributed by atoms with van der Waals surface area (Å²) in [6.07, 6.45) is 0.0429. The number of para-hydroxylation sites is 2. The summed E-state index contributed by atoms with van der Waals surface area (Å²) < 4.78 is 0. The average Bonchev–Trinajstić information content (AvgIpc) is 3.62. The van der Waals surface area contributed by atoms with E-state index in [0.717, 1.165) is 0 Å². The molecule has 4 aliphatic rings. The molecule has 0 bridgehead atoms. The van der Waals surface area contributed by atoms with Gasteiger partial charge in [-0.05, 0) is 73.3 Å². The van der Waals surface area contributed by atoms with Crippen LogP contribution in [0, 0.1) is 0 Å². The highest BCUT2D eigenvalue weighted by atomic mass is 15.4. The fraction of sp³-hybridized carbons (Fsp3) is 0.143. The maximum Gasteiger partial charge on any atom is 0.132 e. The molecular weight excluding hydrogens is 532 g/mol. The average molecular weight is 565 g/mol. The van der Waals surface area contributed by atoms with Crippen molar-refractivity contribution in [3.63, 3.8) is 0 Å². The predicted molar refractivity (Wildman–Crippen MR) is 181 cm³/mol. The van der Waals surface area contributed by atoms with Crippen LogP contribution in [0.3, 0.4) is 0 Å². The van der Waals surface area contributed by atoms with Crippen molar-refractivity contribution in [2.24, 2.45) is 0 Å². The molecule has 6 aromatic rings. The van der Waals surface area contributed by atoms with Gasteiger partial charge in [0, 0.05) is 18.2 Å². The second kappa shape index (κ2) is 8.09. The minimum atomic E-state index is -0.372. The third kappa shape index (κ3) is 2.66. The van der Waals surface area contributed by atoms with Crippen LogP contribution in [0.15, 0.2) is 133 Å². The van der Waals surface area contributed by atoms with E-state index in [-0.39, 0.29) is 17.0 Å². The van der Waals surface area contributed by atoms with E-state index < -0.39 is 0 Å². The van der Waals surface area contributed by atoms with Crippen LogP contribution < -0.4 is 9.80 Å². The Morgan fingerprint density at radius 1 is 0.477 bits per heavy atom. The zero-order valence-electron chi connectivity index (χ0n) is 25.2.